The summed E-state index contributed by atoms with van der Waals surface area (Å²) < 4.78 is 29.4. The molecule has 1 N–H and O–H groups in total. The van der Waals surface area contributed by atoms with E-state index < -0.39 is 33.0 Å². The van der Waals surface area contributed by atoms with Gasteiger partial charge in [0.1, 0.15) is 6.10 Å². The van der Waals surface area contributed by atoms with Crippen molar-refractivity contribution in [3.05, 3.63) is 11.5 Å². The fourth-order valence-electron chi connectivity index (χ4n) is 3.70. The van der Waals surface area contributed by atoms with Gasteiger partial charge in [0.05, 0.1) is 5.75 Å². The van der Waals surface area contributed by atoms with Crippen LogP contribution >= 0.6 is 0 Å². The largest absolute Gasteiger partial charge is 0.460 e. The molecular formula is C17H27NO5S. The van der Waals surface area contributed by atoms with E-state index in [-0.39, 0.29) is 12.0 Å². The van der Waals surface area contributed by atoms with Gasteiger partial charge in [0.2, 0.25) is 5.91 Å². The van der Waals surface area contributed by atoms with Crippen LogP contribution in [0.1, 0.15) is 47.0 Å². The van der Waals surface area contributed by atoms with Gasteiger partial charge in [0.15, 0.2) is 15.4 Å². The number of carbonyl (C=O) groups is 2. The summed E-state index contributed by atoms with van der Waals surface area (Å²) in [7, 11) is -3.52. The number of esters is 1. The second-order valence-electron chi connectivity index (χ2n) is 7.53. The molecule has 2 rings (SSSR count). The molecule has 7 heteroatoms. The molecule has 1 heterocycles. The van der Waals surface area contributed by atoms with Crippen LogP contribution in [0.25, 0.3) is 0 Å². The average Bonchev–Trinajstić information content (AvgIpc) is 2.74. The summed E-state index contributed by atoms with van der Waals surface area (Å²) in [4.78, 5) is 24.3. The molecule has 0 saturated heterocycles. The van der Waals surface area contributed by atoms with Crippen LogP contribution in [0.3, 0.4) is 0 Å². The van der Waals surface area contributed by atoms with Crippen molar-refractivity contribution >= 4 is 21.7 Å². The Morgan fingerprint density at radius 3 is 2.46 bits per heavy atom. The molecule has 0 spiro atoms. The topological polar surface area (TPSA) is 89.5 Å². The van der Waals surface area contributed by atoms with Gasteiger partial charge in [0.25, 0.3) is 0 Å². The number of rotatable bonds is 4. The lowest BCUT2D eigenvalue weighted by atomic mass is 9.75. The summed E-state index contributed by atoms with van der Waals surface area (Å²) in [5.41, 5.74) is -1.60. The molecule has 0 aromatic rings. The van der Waals surface area contributed by atoms with Crippen LogP contribution in [0.5, 0.6) is 0 Å². The number of hydrogen-bond donors (Lipinski definition) is 1. The third kappa shape index (κ3) is 4.18. The minimum atomic E-state index is -3.52. The Labute approximate surface area is 143 Å². The Kier molecular flexibility index (Phi) is 5.42. The van der Waals surface area contributed by atoms with Crippen LogP contribution in [0, 0.1) is 17.8 Å². The molecule has 1 unspecified atom stereocenters. The van der Waals surface area contributed by atoms with Crippen molar-refractivity contribution in [2.45, 2.75) is 58.6 Å². The van der Waals surface area contributed by atoms with E-state index in [9.17, 15) is 18.0 Å². The fourth-order valence-corrected chi connectivity index (χ4v) is 5.15. The molecule has 4 atom stereocenters. The molecule has 1 fully saturated rings. The number of ether oxygens (including phenoxy) is 1. The molecule has 2 aliphatic rings. The predicted molar refractivity (Wildman–Crippen MR) is 90.7 cm³/mol. The Balaban J connectivity index is 2.21. The second-order valence-corrected chi connectivity index (χ2v) is 9.42. The molecule has 0 radical (unpaired) electrons. The van der Waals surface area contributed by atoms with Crippen molar-refractivity contribution in [2.24, 2.45) is 17.8 Å². The molecule has 6 nitrogen and oxygen atoms in total. The van der Waals surface area contributed by atoms with Crippen molar-refractivity contribution in [3.63, 3.8) is 0 Å². The van der Waals surface area contributed by atoms with Gasteiger partial charge in [-0.05, 0) is 36.7 Å². The van der Waals surface area contributed by atoms with E-state index >= 15 is 0 Å². The summed E-state index contributed by atoms with van der Waals surface area (Å²) in [5, 5.41) is 3.46. The van der Waals surface area contributed by atoms with Gasteiger partial charge in [-0.2, -0.15) is 0 Å². The zero-order chi connectivity index (χ0) is 18.1. The lowest BCUT2D eigenvalue weighted by Gasteiger charge is -2.38. The summed E-state index contributed by atoms with van der Waals surface area (Å²) in [6, 6.07) is 0. The van der Waals surface area contributed by atoms with Crippen LogP contribution in [-0.4, -0.2) is 37.7 Å². The van der Waals surface area contributed by atoms with Gasteiger partial charge in [-0.3, -0.25) is 4.79 Å². The number of amides is 1. The highest BCUT2D eigenvalue weighted by Crippen LogP contribution is 2.36. The molecule has 1 aliphatic carbocycles. The Morgan fingerprint density at radius 2 is 1.96 bits per heavy atom. The van der Waals surface area contributed by atoms with E-state index in [0.717, 1.165) is 24.7 Å². The summed E-state index contributed by atoms with van der Waals surface area (Å²) >= 11 is 0. The van der Waals surface area contributed by atoms with Gasteiger partial charge in [-0.1, -0.05) is 27.2 Å². The Bertz CT molecular complexity index is 639. The maximum atomic E-state index is 12.8. The second kappa shape index (κ2) is 6.86. The molecule has 1 saturated carbocycles. The highest BCUT2D eigenvalue weighted by atomic mass is 32.2. The van der Waals surface area contributed by atoms with Crippen molar-refractivity contribution in [3.8, 4) is 0 Å². The quantitative estimate of drug-likeness (QED) is 0.775. The number of hydrogen-bond acceptors (Lipinski definition) is 5. The predicted octanol–water partition coefficient (Wildman–Crippen LogP) is 1.81. The lowest BCUT2D eigenvalue weighted by Crippen LogP contribution is -2.56. The molecule has 24 heavy (non-hydrogen) atoms. The minimum Gasteiger partial charge on any atom is -0.460 e. The Hall–Kier alpha value is -1.37. The molecule has 0 aromatic heterocycles. The summed E-state index contributed by atoms with van der Waals surface area (Å²) in [5.74, 6) is -0.549. The third-order valence-electron chi connectivity index (χ3n) is 4.97. The van der Waals surface area contributed by atoms with Crippen molar-refractivity contribution in [2.75, 3.05) is 5.75 Å². The molecule has 1 amide bonds. The molecule has 0 bridgehead atoms. The van der Waals surface area contributed by atoms with E-state index in [2.05, 4.69) is 26.1 Å². The SMILES string of the molecule is CC(=O)NC1(C(=O)O[C@@H]2C[C@H](C)CC[C@H]2C(C)C)C=CS(=O)(=O)C1. The minimum absolute atomic E-state index is 0.247. The number of nitrogens with one attached hydrogen (secondary N) is 1. The van der Waals surface area contributed by atoms with Crippen LogP contribution in [-0.2, 0) is 24.2 Å². The maximum absolute atomic E-state index is 12.8. The first-order valence-electron chi connectivity index (χ1n) is 8.46. The normalized spacial score (nSPS) is 35.0. The highest BCUT2D eigenvalue weighted by Gasteiger charge is 2.48. The van der Waals surface area contributed by atoms with Gasteiger partial charge in [-0.25, -0.2) is 13.2 Å². The molecular weight excluding hydrogens is 330 g/mol. The van der Waals surface area contributed by atoms with Crippen molar-refractivity contribution in [1.29, 1.82) is 0 Å². The van der Waals surface area contributed by atoms with Crippen LogP contribution in [0.2, 0.25) is 0 Å². The van der Waals surface area contributed by atoms with E-state index in [4.69, 9.17) is 4.74 Å². The van der Waals surface area contributed by atoms with Crippen LogP contribution < -0.4 is 5.32 Å². The smallest absolute Gasteiger partial charge is 0.337 e. The lowest BCUT2D eigenvalue weighted by molar-refractivity contribution is -0.162. The van der Waals surface area contributed by atoms with Gasteiger partial charge < -0.3 is 10.1 Å². The number of carbonyl (C=O) groups excluding carboxylic acids is 2. The maximum Gasteiger partial charge on any atom is 0.337 e. The van der Waals surface area contributed by atoms with E-state index in [1.807, 2.05) is 0 Å². The van der Waals surface area contributed by atoms with E-state index in [1.54, 1.807) is 0 Å². The van der Waals surface area contributed by atoms with E-state index in [0.29, 0.717) is 11.8 Å². The van der Waals surface area contributed by atoms with Gasteiger partial charge in [-0.15, -0.1) is 0 Å². The van der Waals surface area contributed by atoms with Crippen molar-refractivity contribution in [1.82, 2.24) is 5.32 Å². The van der Waals surface area contributed by atoms with Crippen LogP contribution in [0.15, 0.2) is 11.5 Å². The third-order valence-corrected chi connectivity index (χ3v) is 6.38. The van der Waals surface area contributed by atoms with Crippen molar-refractivity contribution < 1.29 is 22.7 Å². The molecule has 1 aliphatic heterocycles. The van der Waals surface area contributed by atoms with Gasteiger partial charge in [0, 0.05) is 12.3 Å². The monoisotopic (exact) mass is 357 g/mol. The van der Waals surface area contributed by atoms with Gasteiger partial charge >= 0.3 is 5.97 Å². The summed E-state index contributed by atoms with van der Waals surface area (Å²) in [6.45, 7) is 7.59. The molecule has 0 aromatic carbocycles. The van der Waals surface area contributed by atoms with E-state index in [1.165, 1.54) is 13.0 Å². The standard InChI is InChI=1S/C17H27NO5S/c1-11(2)14-6-5-12(3)9-15(14)23-16(20)17(18-13(4)19)7-8-24(21,22)10-17/h7-8,11-12,14-15H,5-6,9-10H2,1-4H3,(H,18,19)/t12-,14+,15-,17?/m1/s1. The zero-order valence-corrected chi connectivity index (χ0v) is 15.6. The first-order chi connectivity index (χ1) is 11.0. The Morgan fingerprint density at radius 1 is 1.29 bits per heavy atom. The average molecular weight is 357 g/mol. The first-order valence-corrected chi connectivity index (χ1v) is 10.2. The van der Waals surface area contributed by atoms with Crippen LogP contribution in [0.4, 0.5) is 0 Å². The fraction of sp³-hybridized carbons (Fsp3) is 0.765. The number of sulfone groups is 1. The summed E-state index contributed by atoms with van der Waals surface area (Å²) in [6.07, 6.45) is 3.84. The highest BCUT2D eigenvalue weighted by molar-refractivity contribution is 7.94. The first kappa shape index (κ1) is 19.0. The molecule has 136 valence electrons. The zero-order valence-electron chi connectivity index (χ0n) is 14.7.